The average molecular weight is 340 g/mol. The second-order valence-corrected chi connectivity index (χ2v) is 6.03. The van der Waals surface area contributed by atoms with Crippen LogP contribution in [0.2, 0.25) is 10.0 Å². The van der Waals surface area contributed by atoms with Crippen LogP contribution in [-0.2, 0) is 0 Å². The van der Waals surface area contributed by atoms with Gasteiger partial charge in [0.05, 0.1) is 33.3 Å². The largest absolute Gasteiger partial charge is 0.496 e. The highest BCUT2D eigenvalue weighted by atomic mass is 35.5. The molecule has 2 aromatic heterocycles. The van der Waals surface area contributed by atoms with Crippen molar-refractivity contribution >= 4 is 40.4 Å². The van der Waals surface area contributed by atoms with Crippen LogP contribution >= 0.6 is 34.5 Å². The van der Waals surface area contributed by atoms with E-state index in [0.717, 1.165) is 16.3 Å². The van der Waals surface area contributed by atoms with Gasteiger partial charge in [-0.15, -0.1) is 11.3 Å². The number of rotatable bonds is 3. The molecule has 3 N–H and O–H groups in total. The molecule has 0 atom stereocenters. The van der Waals surface area contributed by atoms with E-state index >= 15 is 0 Å². The van der Waals surface area contributed by atoms with Gasteiger partial charge in [0.25, 0.3) is 0 Å². The minimum atomic E-state index is 0.354. The molecule has 0 saturated carbocycles. The zero-order valence-electron chi connectivity index (χ0n) is 11.0. The number of thiophene rings is 1. The number of aromatic nitrogens is 2. The Morgan fingerprint density at radius 2 is 1.95 bits per heavy atom. The fourth-order valence-corrected chi connectivity index (χ4v) is 3.52. The number of benzene rings is 1. The molecule has 0 amide bonds. The van der Waals surface area contributed by atoms with Gasteiger partial charge in [-0.1, -0.05) is 29.3 Å². The molecule has 0 bridgehead atoms. The molecule has 4 nitrogen and oxygen atoms in total. The molecular weight excluding hydrogens is 329 g/mol. The molecule has 7 heteroatoms. The van der Waals surface area contributed by atoms with Crippen molar-refractivity contribution in [3.05, 3.63) is 39.7 Å². The van der Waals surface area contributed by atoms with Gasteiger partial charge in [-0.25, -0.2) is 0 Å². The number of hydrogen-bond donors (Lipinski definition) is 2. The number of ether oxygens (including phenoxy) is 1. The van der Waals surface area contributed by atoms with E-state index < -0.39 is 0 Å². The molecule has 0 saturated heterocycles. The lowest BCUT2D eigenvalue weighted by molar-refractivity contribution is 0.417. The smallest absolute Gasteiger partial charge is 0.153 e. The van der Waals surface area contributed by atoms with Crippen LogP contribution in [0.1, 0.15) is 0 Å². The Morgan fingerprint density at radius 1 is 1.24 bits per heavy atom. The van der Waals surface area contributed by atoms with Crippen LogP contribution in [0.25, 0.3) is 21.7 Å². The predicted octanol–water partition coefficient (Wildman–Crippen LogP) is 4.70. The van der Waals surface area contributed by atoms with Gasteiger partial charge < -0.3 is 10.5 Å². The van der Waals surface area contributed by atoms with E-state index in [1.165, 1.54) is 11.3 Å². The number of nitrogens with two attached hydrogens (primary N) is 1. The standard InChI is InChI=1S/C14H11Cl2N3OS/c1-20-7-5-10(21-6-7)13-12(14(17)19-18-13)11-8(15)3-2-4-9(11)16/h2-6H,1H3,(H3,17,18,19). The van der Waals surface area contributed by atoms with Crippen LogP contribution in [0, 0.1) is 0 Å². The highest BCUT2D eigenvalue weighted by molar-refractivity contribution is 7.13. The van der Waals surface area contributed by atoms with E-state index in [1.54, 1.807) is 25.3 Å². The Hall–Kier alpha value is -1.69. The molecule has 0 unspecified atom stereocenters. The van der Waals surface area contributed by atoms with Crippen molar-refractivity contribution in [2.75, 3.05) is 12.8 Å². The van der Waals surface area contributed by atoms with Gasteiger partial charge in [-0.3, -0.25) is 5.10 Å². The van der Waals surface area contributed by atoms with Crippen LogP contribution in [0.3, 0.4) is 0 Å². The van der Waals surface area contributed by atoms with Crippen molar-refractivity contribution in [3.63, 3.8) is 0 Å². The molecule has 1 aromatic carbocycles. The maximum atomic E-state index is 6.28. The summed E-state index contributed by atoms with van der Waals surface area (Å²) in [5, 5.41) is 9.99. The molecular formula is C14H11Cl2N3OS. The van der Waals surface area contributed by atoms with Crippen molar-refractivity contribution < 1.29 is 4.74 Å². The third-order valence-electron chi connectivity index (χ3n) is 3.06. The van der Waals surface area contributed by atoms with Crippen molar-refractivity contribution in [2.24, 2.45) is 0 Å². The molecule has 3 aromatic rings. The molecule has 0 spiro atoms. The van der Waals surface area contributed by atoms with E-state index in [9.17, 15) is 0 Å². The van der Waals surface area contributed by atoms with Crippen LogP contribution in [0.15, 0.2) is 29.6 Å². The van der Waals surface area contributed by atoms with Crippen molar-refractivity contribution in [1.82, 2.24) is 10.2 Å². The topological polar surface area (TPSA) is 63.9 Å². The fourth-order valence-electron chi connectivity index (χ4n) is 2.08. The second kappa shape index (κ2) is 5.60. The minimum Gasteiger partial charge on any atom is -0.496 e. The van der Waals surface area contributed by atoms with Gasteiger partial charge in [0.15, 0.2) is 5.82 Å². The Morgan fingerprint density at radius 3 is 2.57 bits per heavy atom. The van der Waals surface area contributed by atoms with Crippen LogP contribution in [-0.4, -0.2) is 17.3 Å². The summed E-state index contributed by atoms with van der Waals surface area (Å²) in [5.41, 5.74) is 8.15. The maximum absolute atomic E-state index is 6.28. The monoisotopic (exact) mass is 339 g/mol. The number of H-pyrrole nitrogens is 1. The zero-order chi connectivity index (χ0) is 15.0. The number of anilines is 1. The maximum Gasteiger partial charge on any atom is 0.153 e. The SMILES string of the molecule is COc1csc(-c2[nH]nc(N)c2-c2c(Cl)cccc2Cl)c1. The van der Waals surface area contributed by atoms with Gasteiger partial charge in [0.1, 0.15) is 5.75 Å². The summed E-state index contributed by atoms with van der Waals surface area (Å²) >= 11 is 14.1. The molecule has 3 rings (SSSR count). The van der Waals surface area contributed by atoms with E-state index in [-0.39, 0.29) is 0 Å². The van der Waals surface area contributed by atoms with Gasteiger partial charge >= 0.3 is 0 Å². The first-order valence-corrected chi connectivity index (χ1v) is 7.66. The highest BCUT2D eigenvalue weighted by Crippen LogP contribution is 2.44. The van der Waals surface area contributed by atoms with Crippen LogP contribution < -0.4 is 10.5 Å². The van der Waals surface area contributed by atoms with Crippen LogP contribution in [0.4, 0.5) is 5.82 Å². The van der Waals surface area contributed by atoms with Crippen molar-refractivity contribution in [1.29, 1.82) is 0 Å². The number of nitrogen functional groups attached to an aromatic ring is 1. The molecule has 2 heterocycles. The lowest BCUT2D eigenvalue weighted by Crippen LogP contribution is -1.90. The summed E-state index contributed by atoms with van der Waals surface area (Å²) in [6.07, 6.45) is 0. The molecule has 0 aliphatic carbocycles. The number of nitrogens with zero attached hydrogens (tertiary/aromatic N) is 1. The predicted molar refractivity (Wildman–Crippen MR) is 88.3 cm³/mol. The van der Waals surface area contributed by atoms with E-state index in [1.807, 2.05) is 11.4 Å². The third-order valence-corrected chi connectivity index (χ3v) is 4.62. The number of nitrogens with one attached hydrogen (secondary N) is 1. The Labute approximate surface area is 135 Å². The summed E-state index contributed by atoms with van der Waals surface area (Å²) in [5.74, 6) is 1.13. The Kier molecular flexibility index (Phi) is 3.80. The fraction of sp³-hybridized carbons (Fsp3) is 0.0714. The number of aromatic amines is 1. The normalized spacial score (nSPS) is 10.8. The quantitative estimate of drug-likeness (QED) is 0.726. The van der Waals surface area contributed by atoms with Gasteiger partial charge in [0, 0.05) is 17.0 Å². The van der Waals surface area contributed by atoms with Crippen molar-refractivity contribution in [3.8, 4) is 27.4 Å². The van der Waals surface area contributed by atoms with Crippen LogP contribution in [0.5, 0.6) is 5.75 Å². The third kappa shape index (κ3) is 2.48. The zero-order valence-corrected chi connectivity index (χ0v) is 13.3. The summed E-state index contributed by atoms with van der Waals surface area (Å²) in [6.45, 7) is 0. The first kappa shape index (κ1) is 14.3. The number of halogens is 2. The van der Waals surface area contributed by atoms with E-state index in [0.29, 0.717) is 27.0 Å². The first-order chi connectivity index (χ1) is 10.1. The molecule has 0 aliphatic rings. The van der Waals surface area contributed by atoms with Gasteiger partial charge in [-0.2, -0.15) is 5.10 Å². The minimum absolute atomic E-state index is 0.354. The van der Waals surface area contributed by atoms with E-state index in [2.05, 4.69) is 10.2 Å². The summed E-state index contributed by atoms with van der Waals surface area (Å²) in [4.78, 5) is 0.946. The molecule has 0 radical (unpaired) electrons. The summed E-state index contributed by atoms with van der Waals surface area (Å²) in [6, 6.07) is 7.24. The molecule has 21 heavy (non-hydrogen) atoms. The second-order valence-electron chi connectivity index (χ2n) is 4.31. The number of methoxy groups -OCH3 is 1. The first-order valence-electron chi connectivity index (χ1n) is 6.03. The lowest BCUT2D eigenvalue weighted by Gasteiger charge is -2.07. The molecule has 0 aliphatic heterocycles. The lowest BCUT2D eigenvalue weighted by atomic mass is 10.0. The molecule has 108 valence electrons. The Balaban J connectivity index is 2.22. The summed E-state index contributed by atoms with van der Waals surface area (Å²) < 4.78 is 5.21. The van der Waals surface area contributed by atoms with E-state index in [4.69, 9.17) is 33.7 Å². The summed E-state index contributed by atoms with van der Waals surface area (Å²) in [7, 11) is 1.62. The van der Waals surface area contributed by atoms with Crippen molar-refractivity contribution in [2.45, 2.75) is 0 Å². The number of hydrogen-bond acceptors (Lipinski definition) is 4. The Bertz CT molecular complexity index is 777. The average Bonchev–Trinajstić information content (AvgIpc) is 3.06. The highest BCUT2D eigenvalue weighted by Gasteiger charge is 2.20. The van der Waals surface area contributed by atoms with Gasteiger partial charge in [0.2, 0.25) is 0 Å². The van der Waals surface area contributed by atoms with Gasteiger partial charge in [-0.05, 0) is 12.1 Å². The molecule has 0 fully saturated rings.